The maximum atomic E-state index is 12.4. The van der Waals surface area contributed by atoms with Crippen molar-refractivity contribution in [3.8, 4) is 6.07 Å². The van der Waals surface area contributed by atoms with Crippen molar-refractivity contribution in [3.05, 3.63) is 0 Å². The molecule has 1 spiro atoms. The van der Waals surface area contributed by atoms with Crippen LogP contribution in [0.4, 0.5) is 4.79 Å². The molecule has 0 bridgehead atoms. The molecule has 1 aliphatic heterocycles. The van der Waals surface area contributed by atoms with E-state index >= 15 is 0 Å². The highest BCUT2D eigenvalue weighted by Crippen LogP contribution is 2.39. The molecule has 0 N–H and O–H groups in total. The molecule has 0 radical (unpaired) electrons. The van der Waals surface area contributed by atoms with Gasteiger partial charge in [0.15, 0.2) is 0 Å². The largest absolute Gasteiger partial charge is 0.327 e. The molecular formula is C12H17N3O2. The fraction of sp³-hybridized carbons (Fsp3) is 0.750. The van der Waals surface area contributed by atoms with Crippen LogP contribution in [0.1, 0.15) is 38.5 Å². The third-order valence-corrected chi connectivity index (χ3v) is 3.93. The summed E-state index contributed by atoms with van der Waals surface area (Å²) in [5.74, 6) is -0.0973. The second kappa shape index (κ2) is 4.36. The van der Waals surface area contributed by atoms with Gasteiger partial charge in [-0.3, -0.25) is 9.69 Å². The average molecular weight is 235 g/mol. The number of carbonyl (C=O) groups excluding carboxylic acids is 2. The molecule has 0 aromatic carbocycles. The second-order valence-electron chi connectivity index (χ2n) is 4.80. The Labute approximate surface area is 101 Å². The van der Waals surface area contributed by atoms with Gasteiger partial charge in [-0.2, -0.15) is 5.26 Å². The van der Waals surface area contributed by atoms with E-state index in [0.29, 0.717) is 0 Å². The molecule has 1 saturated carbocycles. The molecule has 17 heavy (non-hydrogen) atoms. The average Bonchev–Trinajstić information content (AvgIpc) is 2.52. The number of nitriles is 1. The van der Waals surface area contributed by atoms with Gasteiger partial charge in [-0.05, 0) is 12.8 Å². The molecule has 2 rings (SSSR count). The lowest BCUT2D eigenvalue weighted by Gasteiger charge is -2.35. The number of carbonyl (C=O) groups is 2. The van der Waals surface area contributed by atoms with Crippen molar-refractivity contribution >= 4 is 11.9 Å². The van der Waals surface area contributed by atoms with Crippen LogP contribution >= 0.6 is 0 Å². The second-order valence-corrected chi connectivity index (χ2v) is 4.80. The summed E-state index contributed by atoms with van der Waals surface area (Å²) in [6.45, 7) is 0.222. The standard InChI is InChI=1S/C12H17N3O2/c1-14-11(17)15(9-5-8-13)10(16)12(14)6-3-2-4-7-12/h2-7,9H2,1H3. The van der Waals surface area contributed by atoms with Crippen molar-refractivity contribution in [2.75, 3.05) is 13.6 Å². The van der Waals surface area contributed by atoms with Crippen LogP contribution in [0.5, 0.6) is 0 Å². The summed E-state index contributed by atoms with van der Waals surface area (Å²) in [4.78, 5) is 27.2. The fourth-order valence-corrected chi connectivity index (χ4v) is 2.89. The van der Waals surface area contributed by atoms with E-state index in [2.05, 4.69) is 0 Å². The minimum absolute atomic E-state index is 0.0973. The molecule has 5 heteroatoms. The third kappa shape index (κ3) is 1.68. The van der Waals surface area contributed by atoms with Gasteiger partial charge in [0.2, 0.25) is 0 Å². The Morgan fingerprint density at radius 1 is 1.29 bits per heavy atom. The number of urea groups is 1. The third-order valence-electron chi connectivity index (χ3n) is 3.93. The summed E-state index contributed by atoms with van der Waals surface area (Å²) >= 11 is 0. The molecule has 1 heterocycles. The lowest BCUT2D eigenvalue weighted by Crippen LogP contribution is -2.49. The molecule has 3 amide bonds. The maximum absolute atomic E-state index is 12.4. The lowest BCUT2D eigenvalue weighted by molar-refractivity contribution is -0.134. The zero-order valence-corrected chi connectivity index (χ0v) is 10.1. The van der Waals surface area contributed by atoms with Crippen molar-refractivity contribution in [2.45, 2.75) is 44.1 Å². The first-order valence-corrected chi connectivity index (χ1v) is 6.10. The predicted molar refractivity (Wildman–Crippen MR) is 60.9 cm³/mol. The van der Waals surface area contributed by atoms with E-state index in [4.69, 9.17) is 5.26 Å². The van der Waals surface area contributed by atoms with Gasteiger partial charge < -0.3 is 4.90 Å². The molecule has 1 aliphatic carbocycles. The van der Waals surface area contributed by atoms with Crippen LogP contribution in [0.2, 0.25) is 0 Å². The van der Waals surface area contributed by atoms with Crippen molar-refractivity contribution < 1.29 is 9.59 Å². The minimum atomic E-state index is -0.606. The predicted octanol–water partition coefficient (Wildman–Crippen LogP) is 1.50. The van der Waals surface area contributed by atoms with Crippen molar-refractivity contribution in [2.24, 2.45) is 0 Å². The zero-order chi connectivity index (χ0) is 12.5. The summed E-state index contributed by atoms with van der Waals surface area (Å²) in [5.41, 5.74) is -0.606. The topological polar surface area (TPSA) is 64.4 Å². The Balaban J connectivity index is 2.22. The van der Waals surface area contributed by atoms with Gasteiger partial charge in [0, 0.05) is 13.6 Å². The fourth-order valence-electron chi connectivity index (χ4n) is 2.89. The van der Waals surface area contributed by atoms with Gasteiger partial charge in [-0.15, -0.1) is 0 Å². The van der Waals surface area contributed by atoms with Crippen LogP contribution in [0.25, 0.3) is 0 Å². The summed E-state index contributed by atoms with van der Waals surface area (Å²) < 4.78 is 0. The van der Waals surface area contributed by atoms with Gasteiger partial charge in [-0.25, -0.2) is 4.79 Å². The summed E-state index contributed by atoms with van der Waals surface area (Å²) in [7, 11) is 1.71. The molecule has 0 atom stereocenters. The lowest BCUT2D eigenvalue weighted by atomic mass is 9.81. The molecule has 2 fully saturated rings. The number of imide groups is 1. The molecule has 0 unspecified atom stereocenters. The number of hydrogen-bond acceptors (Lipinski definition) is 3. The Bertz CT molecular complexity index is 380. The van der Waals surface area contributed by atoms with E-state index in [1.54, 1.807) is 11.9 Å². The number of hydrogen-bond donors (Lipinski definition) is 0. The van der Waals surface area contributed by atoms with E-state index in [1.807, 2.05) is 6.07 Å². The van der Waals surface area contributed by atoms with E-state index in [1.165, 1.54) is 4.90 Å². The van der Waals surface area contributed by atoms with Crippen LogP contribution in [-0.4, -0.2) is 40.9 Å². The first kappa shape index (κ1) is 11.9. The van der Waals surface area contributed by atoms with E-state index in [-0.39, 0.29) is 24.9 Å². The number of likely N-dealkylation sites (N-methyl/N-ethyl adjacent to an activating group) is 1. The van der Waals surface area contributed by atoms with Gasteiger partial charge in [-0.1, -0.05) is 19.3 Å². The van der Waals surface area contributed by atoms with Crippen molar-refractivity contribution in [3.63, 3.8) is 0 Å². The molecule has 5 nitrogen and oxygen atoms in total. The highest BCUT2D eigenvalue weighted by atomic mass is 16.2. The maximum Gasteiger partial charge on any atom is 0.327 e. The van der Waals surface area contributed by atoms with E-state index < -0.39 is 5.54 Å². The van der Waals surface area contributed by atoms with Gasteiger partial charge in [0.1, 0.15) is 5.54 Å². The smallest absolute Gasteiger partial charge is 0.313 e. The quantitative estimate of drug-likeness (QED) is 0.681. The van der Waals surface area contributed by atoms with Gasteiger partial charge >= 0.3 is 6.03 Å². The molecule has 92 valence electrons. The highest BCUT2D eigenvalue weighted by molar-refractivity contribution is 6.06. The Morgan fingerprint density at radius 2 is 1.94 bits per heavy atom. The van der Waals surface area contributed by atoms with Crippen molar-refractivity contribution in [1.29, 1.82) is 5.26 Å². The molecule has 1 saturated heterocycles. The van der Waals surface area contributed by atoms with Crippen LogP contribution in [-0.2, 0) is 4.79 Å². The summed E-state index contributed by atoms with van der Waals surface area (Å²) in [6.07, 6.45) is 4.86. The first-order chi connectivity index (χ1) is 8.13. The van der Waals surface area contributed by atoms with Gasteiger partial charge in [0.25, 0.3) is 5.91 Å². The summed E-state index contributed by atoms with van der Waals surface area (Å²) in [6, 6.07) is 1.73. The number of rotatable bonds is 2. The first-order valence-electron chi connectivity index (χ1n) is 6.10. The normalized spacial score (nSPS) is 23.3. The Kier molecular flexibility index (Phi) is 3.05. The molecule has 0 aromatic rings. The Morgan fingerprint density at radius 3 is 2.53 bits per heavy atom. The van der Waals surface area contributed by atoms with Crippen LogP contribution in [0, 0.1) is 11.3 Å². The molecule has 2 aliphatic rings. The van der Waals surface area contributed by atoms with Crippen LogP contribution in [0.15, 0.2) is 0 Å². The molecular weight excluding hydrogens is 218 g/mol. The van der Waals surface area contributed by atoms with Gasteiger partial charge in [0.05, 0.1) is 12.5 Å². The monoisotopic (exact) mass is 235 g/mol. The van der Waals surface area contributed by atoms with Crippen LogP contribution < -0.4 is 0 Å². The highest BCUT2D eigenvalue weighted by Gasteiger charge is 2.55. The van der Waals surface area contributed by atoms with E-state index in [0.717, 1.165) is 32.1 Å². The zero-order valence-electron chi connectivity index (χ0n) is 10.1. The van der Waals surface area contributed by atoms with E-state index in [9.17, 15) is 9.59 Å². The van der Waals surface area contributed by atoms with Crippen molar-refractivity contribution in [1.82, 2.24) is 9.80 Å². The number of nitrogens with zero attached hydrogens (tertiary/aromatic N) is 3. The summed E-state index contributed by atoms with van der Waals surface area (Å²) in [5, 5.41) is 8.55. The van der Waals surface area contributed by atoms with Crippen LogP contribution in [0.3, 0.4) is 0 Å². The number of amides is 3. The minimum Gasteiger partial charge on any atom is -0.313 e. The molecule has 0 aromatic heterocycles. The Hall–Kier alpha value is -1.57. The SMILES string of the molecule is CN1C(=O)N(CCC#N)C(=O)C12CCCCC2.